The van der Waals surface area contributed by atoms with Crippen molar-refractivity contribution in [3.63, 3.8) is 0 Å². The van der Waals surface area contributed by atoms with Crippen LogP contribution in [0, 0.1) is 28.1 Å². The Hall–Kier alpha value is -6.20. The van der Waals surface area contributed by atoms with Gasteiger partial charge in [0.2, 0.25) is 17.4 Å². The second-order valence-electron chi connectivity index (χ2n) is 18.6. The first-order valence-electron chi connectivity index (χ1n) is 21.3. The molecule has 9 rings (SSSR count). The van der Waals surface area contributed by atoms with Crippen LogP contribution in [-0.4, -0.2) is 102 Å². The van der Waals surface area contributed by atoms with E-state index in [2.05, 4.69) is 70.1 Å². The van der Waals surface area contributed by atoms with E-state index < -0.39 is 22.8 Å². The summed E-state index contributed by atoms with van der Waals surface area (Å²) in [5.41, 5.74) is 4.10. The number of H-pyrrole nitrogens is 1. The second-order valence-corrected chi connectivity index (χ2v) is 18.6. The van der Waals surface area contributed by atoms with Crippen molar-refractivity contribution in [3.8, 4) is 11.8 Å². The van der Waals surface area contributed by atoms with Gasteiger partial charge in [-0.2, -0.15) is 5.26 Å². The van der Waals surface area contributed by atoms with E-state index in [0.29, 0.717) is 52.2 Å². The summed E-state index contributed by atoms with van der Waals surface area (Å²) < 4.78 is 6.62. The number of rotatable bonds is 9. The normalized spacial score (nSPS) is 24.6. The fourth-order valence-corrected chi connectivity index (χ4v) is 10.9. The SMILES string of the molecule is CC1(C)C(NC(=O)c2ccc(N3CCN(C[C@@H]4CCN(c5ccc6c(c5)CN(C5CCC(=O)NC5=O)C6=O)C4)CC3)cc2)C(C)(C)C1Oc1ccc(C#N)c2[nH]c(=O)ccc12. The summed E-state index contributed by atoms with van der Waals surface area (Å²) in [4.78, 5) is 74.7. The van der Waals surface area contributed by atoms with Crippen LogP contribution in [-0.2, 0) is 16.1 Å². The van der Waals surface area contributed by atoms with E-state index >= 15 is 0 Å². The molecule has 14 heteroatoms. The Bertz CT molecular complexity index is 2520. The number of fused-ring (bicyclic) bond motifs is 2. The van der Waals surface area contributed by atoms with Gasteiger partial charge in [0.25, 0.3) is 11.8 Å². The number of carbonyl (C=O) groups is 4. The summed E-state index contributed by atoms with van der Waals surface area (Å²) in [7, 11) is 0. The number of imide groups is 1. The summed E-state index contributed by atoms with van der Waals surface area (Å²) in [6.07, 6.45) is 1.45. The van der Waals surface area contributed by atoms with E-state index in [4.69, 9.17) is 4.74 Å². The Morgan fingerprint density at radius 3 is 2.33 bits per heavy atom. The number of carbonyl (C=O) groups excluding carboxylic acids is 4. The minimum Gasteiger partial charge on any atom is -0.488 e. The third-order valence-electron chi connectivity index (χ3n) is 13.9. The van der Waals surface area contributed by atoms with Crippen LogP contribution >= 0.6 is 0 Å². The molecule has 5 heterocycles. The molecule has 1 aliphatic carbocycles. The zero-order chi connectivity index (χ0) is 42.8. The maximum Gasteiger partial charge on any atom is 0.255 e. The van der Waals surface area contributed by atoms with Crippen LogP contribution in [0.25, 0.3) is 10.9 Å². The molecule has 4 aromatic rings. The number of piperazine rings is 1. The Morgan fingerprint density at radius 1 is 0.869 bits per heavy atom. The first-order valence-corrected chi connectivity index (χ1v) is 21.3. The first kappa shape index (κ1) is 40.2. The van der Waals surface area contributed by atoms with Gasteiger partial charge in [-0.15, -0.1) is 0 Å². The lowest BCUT2D eigenvalue weighted by Gasteiger charge is -2.63. The van der Waals surface area contributed by atoms with E-state index in [9.17, 15) is 29.2 Å². The average molecular weight is 825 g/mol. The van der Waals surface area contributed by atoms with E-state index in [1.807, 2.05) is 36.4 Å². The fourth-order valence-electron chi connectivity index (χ4n) is 10.9. The number of pyridine rings is 1. The van der Waals surface area contributed by atoms with Gasteiger partial charge in [-0.05, 0) is 85.0 Å². The Labute approximate surface area is 354 Å². The van der Waals surface area contributed by atoms with Crippen LogP contribution in [0.1, 0.15) is 78.8 Å². The fraction of sp³-hybridized carbons (Fsp3) is 0.447. The van der Waals surface area contributed by atoms with Crippen LogP contribution in [0.5, 0.6) is 5.75 Å². The maximum absolute atomic E-state index is 13.7. The van der Waals surface area contributed by atoms with Gasteiger partial charge >= 0.3 is 0 Å². The largest absolute Gasteiger partial charge is 0.488 e. The minimum atomic E-state index is -0.611. The third-order valence-corrected chi connectivity index (χ3v) is 13.9. The molecule has 4 amide bonds. The Kier molecular flexibility index (Phi) is 10.1. The molecule has 2 atom stereocenters. The number of benzene rings is 3. The quantitative estimate of drug-likeness (QED) is 0.206. The molecule has 5 aliphatic rings. The smallest absolute Gasteiger partial charge is 0.255 e. The van der Waals surface area contributed by atoms with Gasteiger partial charge in [0.1, 0.15) is 24.0 Å². The predicted octanol–water partition coefficient (Wildman–Crippen LogP) is 4.42. The molecule has 3 saturated heterocycles. The van der Waals surface area contributed by atoms with Crippen molar-refractivity contribution in [3.05, 3.63) is 99.3 Å². The Balaban J connectivity index is 0.753. The molecular weight excluding hydrogens is 773 g/mol. The molecule has 4 aliphatic heterocycles. The highest BCUT2D eigenvalue weighted by molar-refractivity contribution is 6.05. The molecule has 61 heavy (non-hydrogen) atoms. The summed E-state index contributed by atoms with van der Waals surface area (Å²) in [6, 6.07) is 21.8. The molecule has 4 fully saturated rings. The summed E-state index contributed by atoms with van der Waals surface area (Å²) in [6.45, 7) is 15.4. The van der Waals surface area contributed by atoms with Crippen molar-refractivity contribution in [2.75, 3.05) is 55.6 Å². The molecule has 3 aromatic carbocycles. The molecule has 0 bridgehead atoms. The highest BCUT2D eigenvalue weighted by atomic mass is 16.5. The highest BCUT2D eigenvalue weighted by Gasteiger charge is 2.64. The Morgan fingerprint density at radius 2 is 1.61 bits per heavy atom. The average Bonchev–Trinajstić information content (AvgIpc) is 3.85. The van der Waals surface area contributed by atoms with E-state index in [0.717, 1.165) is 69.2 Å². The molecule has 1 aromatic heterocycles. The topological polar surface area (TPSA) is 171 Å². The van der Waals surface area contributed by atoms with E-state index in [1.54, 1.807) is 23.1 Å². The summed E-state index contributed by atoms with van der Waals surface area (Å²) >= 11 is 0. The number of hydrogen-bond donors (Lipinski definition) is 3. The van der Waals surface area contributed by atoms with Gasteiger partial charge in [-0.1, -0.05) is 27.7 Å². The standard InChI is InChI=1S/C47H52N8O6/c1-46(2)44(47(3,4)45(46)61-37-14-7-30(24-48)40-35(37)12-15-38(56)49-40)51-41(58)29-5-8-32(9-6-29)53-21-19-52(20-22-53)25-28-17-18-54(26-28)33-10-11-34-31(23-33)27-55(43(34)60)36-13-16-39(57)50-42(36)59/h5-12,14-15,23,28,36,44-45H,13,16-22,25-27H2,1-4H3,(H,49,56)(H,51,58)(H,50,57,59)/t28-,36?,44?,45?/m0/s1. The zero-order valence-corrected chi connectivity index (χ0v) is 35.1. The number of nitrogens with one attached hydrogen (secondary N) is 3. The number of aromatic nitrogens is 1. The monoisotopic (exact) mass is 824 g/mol. The number of anilines is 2. The maximum atomic E-state index is 13.7. The van der Waals surface area contributed by atoms with Gasteiger partial charge in [0.05, 0.1) is 11.1 Å². The van der Waals surface area contributed by atoms with E-state index in [1.165, 1.54) is 6.07 Å². The van der Waals surface area contributed by atoms with Crippen LogP contribution in [0.3, 0.4) is 0 Å². The van der Waals surface area contributed by atoms with Crippen molar-refractivity contribution >= 4 is 45.9 Å². The number of piperidine rings is 1. The number of aromatic amines is 1. The van der Waals surface area contributed by atoms with Crippen molar-refractivity contribution in [1.82, 2.24) is 25.4 Å². The number of nitriles is 1. The lowest BCUT2D eigenvalue weighted by atomic mass is 9.49. The minimum absolute atomic E-state index is 0.129. The van der Waals surface area contributed by atoms with E-state index in [-0.39, 0.29) is 41.8 Å². The van der Waals surface area contributed by atoms with Gasteiger partial charge in [0.15, 0.2) is 0 Å². The van der Waals surface area contributed by atoms with Crippen molar-refractivity contribution in [2.45, 2.75) is 71.7 Å². The van der Waals surface area contributed by atoms with Gasteiger partial charge in [-0.25, -0.2) is 0 Å². The molecule has 0 spiro atoms. The number of amides is 4. The van der Waals surface area contributed by atoms with Gasteiger partial charge in [0, 0.05) is 110 Å². The summed E-state index contributed by atoms with van der Waals surface area (Å²) in [5, 5.41) is 15.9. The number of hydrogen-bond acceptors (Lipinski definition) is 10. The van der Waals surface area contributed by atoms with Crippen molar-refractivity contribution in [1.29, 1.82) is 5.26 Å². The molecule has 14 nitrogen and oxygen atoms in total. The molecular formula is C47H52N8O6. The zero-order valence-electron chi connectivity index (χ0n) is 35.1. The van der Waals surface area contributed by atoms with Crippen LogP contribution < -0.4 is 30.7 Å². The number of nitrogens with zero attached hydrogens (tertiary/aromatic N) is 5. The highest BCUT2D eigenvalue weighted by Crippen LogP contribution is 2.56. The van der Waals surface area contributed by atoms with Gasteiger partial charge < -0.3 is 29.7 Å². The molecule has 316 valence electrons. The lowest BCUT2D eigenvalue weighted by Crippen LogP contribution is -2.74. The van der Waals surface area contributed by atoms with Gasteiger partial charge in [-0.3, -0.25) is 34.2 Å². The molecule has 3 N–H and O–H groups in total. The number of ether oxygens (including phenoxy) is 1. The van der Waals surface area contributed by atoms with Crippen LogP contribution in [0.4, 0.5) is 11.4 Å². The van der Waals surface area contributed by atoms with Crippen LogP contribution in [0.2, 0.25) is 0 Å². The van der Waals surface area contributed by atoms with Crippen molar-refractivity contribution < 1.29 is 23.9 Å². The van der Waals surface area contributed by atoms with Crippen LogP contribution in [0.15, 0.2) is 71.5 Å². The summed E-state index contributed by atoms with van der Waals surface area (Å²) in [5.74, 6) is 0.168. The lowest BCUT2D eigenvalue weighted by molar-refractivity contribution is -0.163. The predicted molar refractivity (Wildman–Crippen MR) is 230 cm³/mol. The van der Waals surface area contributed by atoms with Crippen molar-refractivity contribution in [2.24, 2.45) is 16.7 Å². The third kappa shape index (κ3) is 7.28. The first-order chi connectivity index (χ1) is 29.2. The molecule has 0 radical (unpaired) electrons. The molecule has 1 unspecified atom stereocenters. The molecule has 1 saturated carbocycles. The second kappa shape index (κ2) is 15.4.